The van der Waals surface area contributed by atoms with E-state index in [9.17, 15) is 4.79 Å². The van der Waals surface area contributed by atoms with Crippen LogP contribution in [-0.2, 0) is 0 Å². The Bertz CT molecular complexity index is 1100. The second kappa shape index (κ2) is 9.38. The van der Waals surface area contributed by atoms with Crippen LogP contribution in [0.25, 0.3) is 10.9 Å². The molecule has 6 nitrogen and oxygen atoms in total. The van der Waals surface area contributed by atoms with Crippen LogP contribution in [0.1, 0.15) is 23.2 Å². The van der Waals surface area contributed by atoms with Crippen LogP contribution in [0.15, 0.2) is 59.6 Å². The van der Waals surface area contributed by atoms with Gasteiger partial charge >= 0.3 is 0 Å². The van der Waals surface area contributed by atoms with Crippen LogP contribution < -0.4 is 9.46 Å². The molecule has 3 aromatic rings. The van der Waals surface area contributed by atoms with Crippen molar-refractivity contribution in [3.05, 3.63) is 60.3 Å². The highest BCUT2D eigenvalue weighted by molar-refractivity contribution is 8.00. The van der Waals surface area contributed by atoms with Gasteiger partial charge in [0.05, 0.1) is 23.1 Å². The highest BCUT2D eigenvalue weighted by Crippen LogP contribution is 2.32. The minimum atomic E-state index is 0.0466. The zero-order valence-corrected chi connectivity index (χ0v) is 19.1. The molecule has 5 rings (SSSR count). The topological polar surface area (TPSA) is 57.7 Å². The summed E-state index contributed by atoms with van der Waals surface area (Å²) in [5, 5.41) is 1.11. The molecular formula is C25H28N4O2S. The van der Waals surface area contributed by atoms with Gasteiger partial charge in [0.25, 0.3) is 5.91 Å². The molecule has 0 unspecified atom stereocenters. The first-order valence-corrected chi connectivity index (χ1v) is 12.0. The van der Waals surface area contributed by atoms with Gasteiger partial charge < -0.3 is 14.4 Å². The first-order chi connectivity index (χ1) is 15.7. The zero-order valence-electron chi connectivity index (χ0n) is 18.3. The van der Waals surface area contributed by atoms with Crippen LogP contribution in [0.4, 0.5) is 5.69 Å². The van der Waals surface area contributed by atoms with Crippen molar-refractivity contribution in [1.82, 2.24) is 14.8 Å². The number of amides is 1. The standard InChI is InChI=1S/C25H28N4O2S/c1-31-22-16-20(27-32-23-6-2-4-19-5-3-11-26-24(19)23)9-10-21(22)25(30)29-14-12-28(13-15-29)17-18-7-8-18/h2-6,9-11,16,18,27H,7-8,12-15,17H2,1H3. The second-order valence-electron chi connectivity index (χ2n) is 8.49. The molecule has 2 aliphatic rings. The number of fused-ring (bicyclic) bond motifs is 1. The molecule has 2 heterocycles. The number of benzene rings is 2. The number of aromatic nitrogens is 1. The van der Waals surface area contributed by atoms with Crippen LogP contribution >= 0.6 is 11.9 Å². The summed E-state index contributed by atoms with van der Waals surface area (Å²) in [6.07, 6.45) is 4.54. The number of methoxy groups -OCH3 is 1. The van der Waals surface area contributed by atoms with E-state index in [0.29, 0.717) is 11.3 Å². The van der Waals surface area contributed by atoms with Crippen molar-refractivity contribution in [2.75, 3.05) is 44.6 Å². The number of hydrogen-bond acceptors (Lipinski definition) is 6. The number of nitrogens with one attached hydrogen (secondary N) is 1. The summed E-state index contributed by atoms with van der Waals surface area (Å²) >= 11 is 1.51. The number of pyridine rings is 1. The van der Waals surface area contributed by atoms with E-state index >= 15 is 0 Å². The van der Waals surface area contributed by atoms with Gasteiger partial charge in [0.2, 0.25) is 0 Å². The summed E-state index contributed by atoms with van der Waals surface area (Å²) < 4.78 is 8.95. The van der Waals surface area contributed by atoms with Crippen LogP contribution in [-0.4, -0.2) is 60.5 Å². The molecule has 1 saturated carbocycles. The van der Waals surface area contributed by atoms with E-state index in [1.54, 1.807) is 7.11 Å². The van der Waals surface area contributed by atoms with Crippen molar-refractivity contribution >= 4 is 34.4 Å². The lowest BCUT2D eigenvalue weighted by molar-refractivity contribution is 0.0629. The quantitative estimate of drug-likeness (QED) is 0.536. The van der Waals surface area contributed by atoms with E-state index in [1.165, 1.54) is 31.3 Å². The fourth-order valence-electron chi connectivity index (χ4n) is 4.17. The lowest BCUT2D eigenvalue weighted by atomic mass is 10.1. The van der Waals surface area contributed by atoms with Gasteiger partial charge in [-0.3, -0.25) is 14.7 Å². The maximum Gasteiger partial charge on any atom is 0.257 e. The minimum absolute atomic E-state index is 0.0466. The van der Waals surface area contributed by atoms with E-state index in [0.717, 1.165) is 53.6 Å². The molecule has 0 spiro atoms. The summed E-state index contributed by atoms with van der Waals surface area (Å²) in [4.78, 5) is 23.1. The Morgan fingerprint density at radius 1 is 1.12 bits per heavy atom. The van der Waals surface area contributed by atoms with Crippen LogP contribution in [0.2, 0.25) is 0 Å². The number of piperazine rings is 1. The van der Waals surface area contributed by atoms with Gasteiger partial charge in [0.1, 0.15) is 5.75 Å². The molecule has 166 valence electrons. The number of hydrogen-bond donors (Lipinski definition) is 1. The summed E-state index contributed by atoms with van der Waals surface area (Å²) in [6, 6.07) is 15.8. The van der Waals surface area contributed by atoms with Crippen molar-refractivity contribution in [3.63, 3.8) is 0 Å². The Morgan fingerprint density at radius 2 is 1.94 bits per heavy atom. The predicted octanol–water partition coefficient (Wildman–Crippen LogP) is 4.53. The van der Waals surface area contributed by atoms with Crippen LogP contribution in [0, 0.1) is 5.92 Å². The molecule has 0 radical (unpaired) electrons. The van der Waals surface area contributed by atoms with E-state index < -0.39 is 0 Å². The van der Waals surface area contributed by atoms with Crippen molar-refractivity contribution in [2.45, 2.75) is 17.7 Å². The summed E-state index contributed by atoms with van der Waals surface area (Å²) in [5.41, 5.74) is 2.46. The minimum Gasteiger partial charge on any atom is -0.496 e. The summed E-state index contributed by atoms with van der Waals surface area (Å²) in [6.45, 7) is 4.66. The summed E-state index contributed by atoms with van der Waals surface area (Å²) in [7, 11) is 1.62. The average molecular weight is 449 g/mol. The van der Waals surface area contributed by atoms with Gasteiger partial charge in [0.15, 0.2) is 0 Å². The van der Waals surface area contributed by atoms with Crippen LogP contribution in [0.3, 0.4) is 0 Å². The van der Waals surface area contributed by atoms with E-state index in [-0.39, 0.29) is 5.91 Å². The third kappa shape index (κ3) is 4.69. The average Bonchev–Trinajstić information content (AvgIpc) is 3.66. The predicted molar refractivity (Wildman–Crippen MR) is 129 cm³/mol. The van der Waals surface area contributed by atoms with Gasteiger partial charge in [-0.05, 0) is 55.0 Å². The number of para-hydroxylation sites is 1. The molecule has 1 aliphatic carbocycles. The largest absolute Gasteiger partial charge is 0.496 e. The van der Waals surface area contributed by atoms with E-state index in [1.807, 2.05) is 47.5 Å². The number of anilines is 1. The number of ether oxygens (including phenoxy) is 1. The third-order valence-electron chi connectivity index (χ3n) is 6.18. The van der Waals surface area contributed by atoms with Gasteiger partial charge in [-0.25, -0.2) is 0 Å². The fraction of sp³-hybridized carbons (Fsp3) is 0.360. The van der Waals surface area contributed by atoms with Crippen molar-refractivity contribution in [1.29, 1.82) is 0 Å². The molecular weight excluding hydrogens is 420 g/mol. The van der Waals surface area contributed by atoms with Gasteiger partial charge in [0, 0.05) is 56.1 Å². The maximum absolute atomic E-state index is 13.2. The molecule has 32 heavy (non-hydrogen) atoms. The van der Waals surface area contributed by atoms with Crippen molar-refractivity contribution in [3.8, 4) is 5.75 Å². The number of nitrogens with zero attached hydrogens (tertiary/aromatic N) is 3. The Kier molecular flexibility index (Phi) is 6.19. The van der Waals surface area contributed by atoms with E-state index in [4.69, 9.17) is 4.74 Å². The first kappa shape index (κ1) is 21.1. The lowest BCUT2D eigenvalue weighted by Gasteiger charge is -2.35. The lowest BCUT2D eigenvalue weighted by Crippen LogP contribution is -2.49. The fourth-order valence-corrected chi connectivity index (χ4v) is 4.94. The molecule has 2 aromatic carbocycles. The third-order valence-corrected chi connectivity index (χ3v) is 7.07. The van der Waals surface area contributed by atoms with Crippen molar-refractivity contribution < 1.29 is 9.53 Å². The Labute approximate surface area is 193 Å². The van der Waals surface area contributed by atoms with E-state index in [2.05, 4.69) is 26.7 Å². The van der Waals surface area contributed by atoms with Gasteiger partial charge in [-0.15, -0.1) is 0 Å². The molecule has 7 heteroatoms. The van der Waals surface area contributed by atoms with Gasteiger partial charge in [-0.1, -0.05) is 18.2 Å². The smallest absolute Gasteiger partial charge is 0.257 e. The molecule has 1 aliphatic heterocycles. The van der Waals surface area contributed by atoms with Crippen molar-refractivity contribution in [2.24, 2.45) is 5.92 Å². The Balaban J connectivity index is 1.25. The Morgan fingerprint density at radius 3 is 2.72 bits per heavy atom. The number of carbonyl (C=O) groups excluding carboxylic acids is 1. The Hall–Kier alpha value is -2.77. The second-order valence-corrected chi connectivity index (χ2v) is 9.33. The number of carbonyl (C=O) groups is 1. The maximum atomic E-state index is 13.2. The molecule has 1 N–H and O–H groups in total. The number of rotatable bonds is 7. The highest BCUT2D eigenvalue weighted by atomic mass is 32.2. The molecule has 1 aromatic heterocycles. The summed E-state index contributed by atoms with van der Waals surface area (Å²) in [5.74, 6) is 1.53. The molecule has 2 fully saturated rings. The normalized spacial score (nSPS) is 16.8. The SMILES string of the molecule is COc1cc(NSc2cccc3cccnc23)ccc1C(=O)N1CCN(CC2CC2)CC1. The molecule has 1 saturated heterocycles. The van der Waals surface area contributed by atoms with Gasteiger partial charge in [-0.2, -0.15) is 0 Å². The molecule has 1 amide bonds. The molecule has 0 atom stereocenters. The monoisotopic (exact) mass is 448 g/mol. The van der Waals surface area contributed by atoms with Crippen LogP contribution in [0.5, 0.6) is 5.75 Å². The first-order valence-electron chi connectivity index (χ1n) is 11.2. The molecule has 0 bridgehead atoms. The highest BCUT2D eigenvalue weighted by Gasteiger charge is 2.28. The zero-order chi connectivity index (χ0) is 21.9.